The number of carbonyl (C=O) groups is 1. The second-order valence-electron chi connectivity index (χ2n) is 7.24. The van der Waals surface area contributed by atoms with E-state index >= 15 is 0 Å². The zero-order valence-electron chi connectivity index (χ0n) is 18.2. The van der Waals surface area contributed by atoms with Crippen molar-refractivity contribution in [1.29, 1.82) is 0 Å². The van der Waals surface area contributed by atoms with Crippen LogP contribution in [0.3, 0.4) is 0 Å². The normalized spacial score (nSPS) is 11.6. The molecule has 2 aromatic carbocycles. The number of hydrogen-bond donors (Lipinski definition) is 0. The van der Waals surface area contributed by atoms with E-state index in [1.54, 1.807) is 0 Å². The number of ether oxygens (including phenoxy) is 3. The number of sulfone groups is 1. The highest BCUT2D eigenvalue weighted by Crippen LogP contribution is 2.37. The van der Waals surface area contributed by atoms with Crippen molar-refractivity contribution in [2.24, 2.45) is 0 Å². The highest BCUT2D eigenvalue weighted by Gasteiger charge is 2.23. The molecule has 0 radical (unpaired) electrons. The summed E-state index contributed by atoms with van der Waals surface area (Å²) >= 11 is 6.26. The van der Waals surface area contributed by atoms with E-state index in [-0.39, 0.29) is 38.6 Å². The standard InChI is InChI=1S/C22H19ClF3NO6S/c1-11-14(8-12-4-5-13(9-15(12)23)34(3,29)30)21(33-22(25)26)27-20-16(24)6-7-17(19(11)20)32-10-18(28)31-2/h4-7,9,22H,8,10H2,1-3H3. The number of carbonyl (C=O) groups excluding carboxylic acids is 1. The van der Waals surface area contributed by atoms with Crippen LogP contribution in [0.25, 0.3) is 10.9 Å². The van der Waals surface area contributed by atoms with Gasteiger partial charge in [0.15, 0.2) is 16.4 Å². The number of aryl methyl sites for hydroxylation is 1. The molecule has 0 aliphatic rings. The Labute approximate surface area is 198 Å². The van der Waals surface area contributed by atoms with E-state index in [1.807, 2.05) is 0 Å². The van der Waals surface area contributed by atoms with Gasteiger partial charge in [0.1, 0.15) is 17.1 Å². The number of benzene rings is 2. The van der Waals surface area contributed by atoms with Crippen LogP contribution in [0, 0.1) is 12.7 Å². The van der Waals surface area contributed by atoms with Crippen molar-refractivity contribution in [3.05, 3.63) is 57.9 Å². The molecule has 1 aromatic heterocycles. The summed E-state index contributed by atoms with van der Waals surface area (Å²) in [5.74, 6) is -1.94. The lowest BCUT2D eigenvalue weighted by Gasteiger charge is -2.18. The van der Waals surface area contributed by atoms with Crippen LogP contribution in [0.1, 0.15) is 16.7 Å². The zero-order chi connectivity index (χ0) is 25.2. The lowest BCUT2D eigenvalue weighted by Crippen LogP contribution is -2.14. The molecule has 182 valence electrons. The minimum absolute atomic E-state index is 0.0146. The Morgan fingerprint density at radius 3 is 2.50 bits per heavy atom. The summed E-state index contributed by atoms with van der Waals surface area (Å²) in [4.78, 5) is 15.4. The summed E-state index contributed by atoms with van der Waals surface area (Å²) in [5, 5.41) is 0.219. The molecule has 3 rings (SSSR count). The zero-order valence-corrected chi connectivity index (χ0v) is 19.8. The smallest absolute Gasteiger partial charge is 0.388 e. The Hall–Kier alpha value is -3.05. The molecule has 34 heavy (non-hydrogen) atoms. The van der Waals surface area contributed by atoms with Crippen LogP contribution < -0.4 is 9.47 Å². The van der Waals surface area contributed by atoms with E-state index < -0.39 is 40.7 Å². The Bertz CT molecular complexity index is 1360. The molecule has 0 saturated carbocycles. The van der Waals surface area contributed by atoms with Gasteiger partial charge in [0, 0.05) is 28.6 Å². The van der Waals surface area contributed by atoms with E-state index in [2.05, 4.69) is 14.5 Å². The lowest BCUT2D eigenvalue weighted by molar-refractivity contribution is -0.142. The fourth-order valence-corrected chi connectivity index (χ4v) is 4.26. The first-order valence-corrected chi connectivity index (χ1v) is 11.9. The Morgan fingerprint density at radius 1 is 1.21 bits per heavy atom. The van der Waals surface area contributed by atoms with Crippen LogP contribution >= 0.6 is 11.6 Å². The minimum atomic E-state index is -3.52. The first-order valence-electron chi connectivity index (χ1n) is 9.67. The van der Waals surface area contributed by atoms with Crippen LogP contribution in [0.2, 0.25) is 5.02 Å². The Balaban J connectivity index is 2.19. The number of alkyl halides is 2. The maximum Gasteiger partial charge on any atom is 0.388 e. The van der Waals surface area contributed by atoms with E-state index in [4.69, 9.17) is 16.3 Å². The average molecular weight is 518 g/mol. The number of hydrogen-bond acceptors (Lipinski definition) is 7. The molecule has 0 unspecified atom stereocenters. The second kappa shape index (κ2) is 10.1. The van der Waals surface area contributed by atoms with Gasteiger partial charge in [-0.25, -0.2) is 22.6 Å². The van der Waals surface area contributed by atoms with Crippen molar-refractivity contribution in [2.75, 3.05) is 20.0 Å². The van der Waals surface area contributed by atoms with E-state index in [1.165, 1.54) is 38.3 Å². The van der Waals surface area contributed by atoms with Gasteiger partial charge in [0.25, 0.3) is 0 Å². The van der Waals surface area contributed by atoms with Gasteiger partial charge in [-0.05, 0) is 42.3 Å². The molecular weight excluding hydrogens is 499 g/mol. The summed E-state index contributed by atoms with van der Waals surface area (Å²) in [6.07, 6.45) is 0.932. The van der Waals surface area contributed by atoms with E-state index in [9.17, 15) is 26.4 Å². The molecule has 0 atom stereocenters. The van der Waals surface area contributed by atoms with Crippen molar-refractivity contribution in [3.8, 4) is 11.6 Å². The number of fused-ring (bicyclic) bond motifs is 1. The highest BCUT2D eigenvalue weighted by molar-refractivity contribution is 7.90. The molecule has 0 aliphatic carbocycles. The SMILES string of the molecule is COC(=O)COc1ccc(F)c2nc(OC(F)F)c(Cc3ccc(S(C)(=O)=O)cc3Cl)c(C)c12. The van der Waals surface area contributed by atoms with Crippen LogP contribution in [0.15, 0.2) is 35.2 Å². The monoisotopic (exact) mass is 517 g/mol. The van der Waals surface area contributed by atoms with Gasteiger partial charge in [-0.3, -0.25) is 0 Å². The van der Waals surface area contributed by atoms with Crippen molar-refractivity contribution in [1.82, 2.24) is 4.98 Å². The summed E-state index contributed by atoms with van der Waals surface area (Å²) in [6, 6.07) is 6.32. The molecule has 1 heterocycles. The Kier molecular flexibility index (Phi) is 7.57. The molecule has 12 heteroatoms. The van der Waals surface area contributed by atoms with Gasteiger partial charge in [-0.1, -0.05) is 17.7 Å². The van der Waals surface area contributed by atoms with Crippen molar-refractivity contribution in [3.63, 3.8) is 0 Å². The van der Waals surface area contributed by atoms with Crippen molar-refractivity contribution < 1.29 is 40.6 Å². The molecule has 3 aromatic rings. The first-order chi connectivity index (χ1) is 15.9. The molecule has 0 fully saturated rings. The quantitative estimate of drug-likeness (QED) is 0.407. The number of pyridine rings is 1. The average Bonchev–Trinajstić information content (AvgIpc) is 2.75. The third kappa shape index (κ3) is 5.53. The third-order valence-electron chi connectivity index (χ3n) is 4.98. The summed E-state index contributed by atoms with van der Waals surface area (Å²) in [7, 11) is -2.35. The fraction of sp³-hybridized carbons (Fsp3) is 0.273. The van der Waals surface area contributed by atoms with Gasteiger partial charge >= 0.3 is 12.6 Å². The van der Waals surface area contributed by atoms with Gasteiger partial charge in [0.05, 0.1) is 12.0 Å². The minimum Gasteiger partial charge on any atom is -0.481 e. The van der Waals surface area contributed by atoms with Crippen LogP contribution in [-0.2, 0) is 25.8 Å². The van der Waals surface area contributed by atoms with Crippen LogP contribution in [-0.4, -0.2) is 46.0 Å². The van der Waals surface area contributed by atoms with Gasteiger partial charge < -0.3 is 14.2 Å². The number of esters is 1. The third-order valence-corrected chi connectivity index (χ3v) is 6.45. The van der Waals surface area contributed by atoms with Crippen LogP contribution in [0.4, 0.5) is 13.2 Å². The van der Waals surface area contributed by atoms with Gasteiger partial charge in [0.2, 0.25) is 5.88 Å². The van der Waals surface area contributed by atoms with E-state index in [0.29, 0.717) is 11.1 Å². The molecule has 0 N–H and O–H groups in total. The number of halogens is 4. The fourth-order valence-electron chi connectivity index (χ4n) is 3.30. The van der Waals surface area contributed by atoms with Crippen molar-refractivity contribution in [2.45, 2.75) is 24.9 Å². The van der Waals surface area contributed by atoms with Crippen LogP contribution in [0.5, 0.6) is 11.6 Å². The molecule has 0 saturated heterocycles. The van der Waals surface area contributed by atoms with E-state index in [0.717, 1.165) is 12.3 Å². The first kappa shape index (κ1) is 25.6. The molecule has 0 amide bonds. The summed E-state index contributed by atoms with van der Waals surface area (Å²) in [6.45, 7) is -2.19. The highest BCUT2D eigenvalue weighted by atomic mass is 35.5. The number of nitrogens with zero attached hydrogens (tertiary/aromatic N) is 1. The lowest BCUT2D eigenvalue weighted by atomic mass is 9.97. The molecular formula is C22H19ClF3NO6S. The molecule has 0 spiro atoms. The topological polar surface area (TPSA) is 91.8 Å². The summed E-state index contributed by atoms with van der Waals surface area (Å²) in [5.41, 5.74) is 0.544. The summed E-state index contributed by atoms with van der Waals surface area (Å²) < 4.78 is 79.0. The van der Waals surface area contributed by atoms with Gasteiger partial charge in [-0.2, -0.15) is 8.78 Å². The second-order valence-corrected chi connectivity index (χ2v) is 9.66. The molecule has 0 bridgehead atoms. The largest absolute Gasteiger partial charge is 0.481 e. The van der Waals surface area contributed by atoms with Crippen molar-refractivity contribution >= 4 is 38.3 Å². The number of methoxy groups -OCH3 is 1. The maximum absolute atomic E-state index is 14.6. The Morgan fingerprint density at radius 2 is 1.91 bits per heavy atom. The predicted octanol–water partition coefficient (Wildman–Crippen LogP) is 4.48. The predicted molar refractivity (Wildman–Crippen MR) is 118 cm³/mol. The van der Waals surface area contributed by atoms with Gasteiger partial charge in [-0.15, -0.1) is 0 Å². The molecule has 0 aliphatic heterocycles. The number of aromatic nitrogens is 1. The maximum atomic E-state index is 14.6. The number of rotatable bonds is 8. The molecule has 7 nitrogen and oxygen atoms in total.